The number of carbonyl (C=O) groups excluding carboxylic acids is 4. The fraction of sp³-hybridized carbons (Fsp3) is 0.407. The van der Waals surface area contributed by atoms with Crippen molar-refractivity contribution in [3.63, 3.8) is 0 Å². The molecule has 0 saturated carbocycles. The molecule has 4 heterocycles. The highest BCUT2D eigenvalue weighted by atomic mass is 16.5. The number of hydrogen-bond donors (Lipinski definition) is 4. The molecule has 3 aromatic carbocycles. The molecule has 8 rings (SSSR count). The lowest BCUT2D eigenvalue weighted by Gasteiger charge is -2.35. The van der Waals surface area contributed by atoms with E-state index >= 15 is 0 Å². The Bertz CT molecular complexity index is 2710. The number of carbonyl (C=O) groups is 4. The summed E-state index contributed by atoms with van der Waals surface area (Å²) >= 11 is 0. The third kappa shape index (κ3) is 11.7. The van der Waals surface area contributed by atoms with Gasteiger partial charge in [-0.15, -0.1) is 0 Å². The van der Waals surface area contributed by atoms with Crippen molar-refractivity contribution in [2.75, 3.05) is 61.0 Å². The van der Waals surface area contributed by atoms with Crippen LogP contribution in [-0.2, 0) is 43.6 Å². The van der Waals surface area contributed by atoms with Crippen LogP contribution in [-0.4, -0.2) is 124 Å². The fourth-order valence-electron chi connectivity index (χ4n) is 9.30. The van der Waals surface area contributed by atoms with Crippen molar-refractivity contribution in [3.8, 4) is 17.0 Å². The van der Waals surface area contributed by atoms with Gasteiger partial charge in [0.25, 0.3) is 0 Å². The molecule has 16 nitrogen and oxygen atoms in total. The number of ether oxygens (including phenoxy) is 2. The number of allylic oxidation sites excluding steroid dienone is 2. The molecule has 0 spiro atoms. The van der Waals surface area contributed by atoms with E-state index < -0.39 is 12.1 Å². The molecule has 3 atom stereocenters. The highest BCUT2D eigenvalue weighted by Gasteiger charge is 2.37. The van der Waals surface area contributed by atoms with E-state index in [1.165, 1.54) is 0 Å². The molecule has 4 amide bonds. The summed E-state index contributed by atoms with van der Waals surface area (Å²) in [7, 11) is 7.66. The summed E-state index contributed by atoms with van der Waals surface area (Å²) in [6.07, 6.45) is 8.53. The Morgan fingerprint density at radius 1 is 0.700 bits per heavy atom. The molecule has 0 radical (unpaired) electrons. The molecule has 2 aliphatic heterocycles. The Kier molecular flexibility index (Phi) is 15.9. The normalized spacial score (nSPS) is 15.6. The Labute approximate surface area is 410 Å². The third-order valence-electron chi connectivity index (χ3n) is 12.8. The summed E-state index contributed by atoms with van der Waals surface area (Å²) in [5.74, 6) is 2.19. The lowest BCUT2D eigenvalue weighted by atomic mass is 9.80. The van der Waals surface area contributed by atoms with E-state index in [9.17, 15) is 19.2 Å². The Morgan fingerprint density at radius 2 is 1.26 bits per heavy atom. The second kappa shape index (κ2) is 22.6. The first-order valence-corrected chi connectivity index (χ1v) is 24.4. The minimum atomic E-state index is -0.828. The van der Waals surface area contributed by atoms with Gasteiger partial charge in [-0.1, -0.05) is 80.6 Å². The highest BCUT2D eigenvalue weighted by Crippen LogP contribution is 2.50. The number of aromatic nitrogens is 4. The van der Waals surface area contributed by atoms with Crippen LogP contribution < -0.4 is 15.4 Å². The maximum Gasteiger partial charge on any atom is 0.250 e. The summed E-state index contributed by atoms with van der Waals surface area (Å²) in [5.41, 5.74) is 8.24. The molecule has 0 saturated heterocycles. The van der Waals surface area contributed by atoms with E-state index in [2.05, 4.69) is 32.7 Å². The first-order valence-electron chi connectivity index (χ1n) is 24.4. The summed E-state index contributed by atoms with van der Waals surface area (Å²) in [6, 6.07) is 21.3. The van der Waals surface area contributed by atoms with Crippen molar-refractivity contribution in [1.29, 1.82) is 0 Å². The van der Waals surface area contributed by atoms with E-state index in [4.69, 9.17) is 19.4 Å². The van der Waals surface area contributed by atoms with Crippen molar-refractivity contribution in [3.05, 3.63) is 142 Å². The monoisotopic (exact) mass is 951 g/mol. The topological polar surface area (TPSA) is 181 Å². The van der Waals surface area contributed by atoms with Gasteiger partial charge in [0.05, 0.1) is 25.0 Å². The van der Waals surface area contributed by atoms with E-state index in [1.54, 1.807) is 16.0 Å². The minimum absolute atomic E-state index is 0.0470. The number of nitrogens with one attached hydrogen (secondary N) is 4. The number of rotatable bonds is 22. The fourth-order valence-corrected chi connectivity index (χ4v) is 9.30. The smallest absolute Gasteiger partial charge is 0.250 e. The summed E-state index contributed by atoms with van der Waals surface area (Å²) < 4.78 is 13.1. The number of H-pyrrole nitrogens is 2. The molecule has 368 valence electrons. The van der Waals surface area contributed by atoms with Gasteiger partial charge < -0.3 is 49.7 Å². The Morgan fingerprint density at radius 3 is 1.81 bits per heavy atom. The van der Waals surface area contributed by atoms with Crippen LogP contribution in [0, 0.1) is 0 Å². The molecule has 3 aliphatic rings. The highest BCUT2D eigenvalue weighted by molar-refractivity contribution is 5.91. The van der Waals surface area contributed by atoms with Crippen LogP contribution in [0.15, 0.2) is 103 Å². The van der Waals surface area contributed by atoms with Gasteiger partial charge in [-0.3, -0.25) is 19.2 Å². The second-order valence-electron chi connectivity index (χ2n) is 18.9. The van der Waals surface area contributed by atoms with E-state index in [1.807, 2.05) is 125 Å². The zero-order valence-corrected chi connectivity index (χ0v) is 41.2. The molecular weight excluding hydrogens is 885 g/mol. The van der Waals surface area contributed by atoms with E-state index in [0.717, 1.165) is 74.7 Å². The first-order chi connectivity index (χ1) is 33.9. The van der Waals surface area contributed by atoms with Crippen LogP contribution in [0.5, 0.6) is 5.75 Å². The molecule has 0 bridgehead atoms. The number of amides is 4. The number of imidazole rings is 2. The van der Waals surface area contributed by atoms with Crippen molar-refractivity contribution < 1.29 is 28.7 Å². The molecule has 2 aromatic heterocycles. The van der Waals surface area contributed by atoms with Crippen molar-refractivity contribution >= 4 is 29.2 Å². The van der Waals surface area contributed by atoms with Gasteiger partial charge in [0.2, 0.25) is 23.6 Å². The number of hydrogen-bond acceptors (Lipinski definition) is 10. The molecule has 16 heteroatoms. The zero-order chi connectivity index (χ0) is 49.3. The second-order valence-corrected chi connectivity index (χ2v) is 18.9. The summed E-state index contributed by atoms with van der Waals surface area (Å²) in [5, 5.41) is 6.01. The summed E-state index contributed by atoms with van der Waals surface area (Å²) in [6.45, 7) is 7.44. The van der Waals surface area contributed by atoms with Gasteiger partial charge in [-0.2, -0.15) is 0 Å². The van der Waals surface area contributed by atoms with E-state index in [-0.39, 0.29) is 55.5 Å². The van der Waals surface area contributed by atoms with Crippen LogP contribution in [0.25, 0.3) is 16.8 Å². The van der Waals surface area contributed by atoms with Gasteiger partial charge in [0.15, 0.2) is 0 Å². The zero-order valence-electron chi connectivity index (χ0n) is 41.2. The first kappa shape index (κ1) is 49.4. The standard InChI is InChI=1S/C54H66N10O6/c1-7-21-63(53(67)51(35-15-11-9-12-16-35)59-47(65)19-23-61(3)4)31-45-55-29-41(57-45)37-25-39-33-70-44-28-38(26-40-34-69-43(27-37)49(39)50(40)44)42-30-56-46(58-42)32-64(22-8-2)54(68)52(36-17-13-10-14-18-36)60-48(66)20-24-62(5)6/h9-18,25-27,29-30,38,51-52H,7-8,19-24,28,31-34H2,1-6H3,(H,55,57)(H,56,58)(H,59,65)(H,60,66)/t38?,51-,52-/m1/s1. The molecule has 1 unspecified atom stereocenters. The van der Waals surface area contributed by atoms with Gasteiger partial charge in [-0.25, -0.2) is 9.97 Å². The molecule has 70 heavy (non-hydrogen) atoms. The quantitative estimate of drug-likeness (QED) is 0.0588. The number of aromatic amines is 2. The van der Waals surface area contributed by atoms with Gasteiger partial charge in [-0.05, 0) is 69.9 Å². The minimum Gasteiger partial charge on any atom is -0.493 e. The van der Waals surface area contributed by atoms with Crippen molar-refractivity contribution in [2.24, 2.45) is 0 Å². The van der Waals surface area contributed by atoms with Gasteiger partial charge in [0.1, 0.15) is 48.5 Å². The van der Waals surface area contributed by atoms with Gasteiger partial charge >= 0.3 is 0 Å². The van der Waals surface area contributed by atoms with Crippen LogP contribution in [0.4, 0.5) is 0 Å². The molecular formula is C54H66N10O6. The van der Waals surface area contributed by atoms with Crippen LogP contribution in [0.3, 0.4) is 0 Å². The van der Waals surface area contributed by atoms with Crippen LogP contribution >= 0.6 is 0 Å². The molecule has 5 aromatic rings. The predicted molar refractivity (Wildman–Crippen MR) is 268 cm³/mol. The van der Waals surface area contributed by atoms with Crippen LogP contribution in [0.1, 0.15) is 104 Å². The molecule has 0 fully saturated rings. The lowest BCUT2D eigenvalue weighted by molar-refractivity contribution is -0.137. The average Bonchev–Trinajstić information content (AvgIpc) is 4.05. The molecule has 4 N–H and O–H groups in total. The largest absolute Gasteiger partial charge is 0.493 e. The van der Waals surface area contributed by atoms with Gasteiger partial charge in [0, 0.05) is 85.5 Å². The predicted octanol–water partition coefficient (Wildman–Crippen LogP) is 6.64. The Balaban J connectivity index is 0.955. The SMILES string of the molecule is CCCN(Cc1ncc(-c2cc3c4c(c2)OCC2=CC(c5cnc(CN(CCC)C(=O)[C@H](NC(=O)CCN(C)C)c6ccccc6)[nH]5)CC(=C24)OC3)[nH]1)C(=O)[C@H](NC(=O)CCN(C)C)c1ccccc1. The Hall–Kier alpha value is -7.04. The summed E-state index contributed by atoms with van der Waals surface area (Å²) in [4.78, 5) is 78.4. The number of benzene rings is 3. The van der Waals surface area contributed by atoms with Crippen molar-refractivity contribution in [1.82, 2.24) is 50.2 Å². The average molecular weight is 951 g/mol. The van der Waals surface area contributed by atoms with Crippen molar-refractivity contribution in [2.45, 2.75) is 83.6 Å². The maximum atomic E-state index is 14.3. The lowest BCUT2D eigenvalue weighted by Crippen LogP contribution is -2.43. The maximum absolute atomic E-state index is 14.3. The molecule has 1 aliphatic carbocycles. The van der Waals surface area contributed by atoms with E-state index in [0.29, 0.717) is 57.5 Å². The number of nitrogens with zero attached hydrogens (tertiary/aromatic N) is 6. The third-order valence-corrected chi connectivity index (χ3v) is 12.8. The van der Waals surface area contributed by atoms with Crippen LogP contribution in [0.2, 0.25) is 0 Å².